The summed E-state index contributed by atoms with van der Waals surface area (Å²) in [6.45, 7) is 1.81. The van der Waals surface area contributed by atoms with Crippen LogP contribution in [0.4, 0.5) is 9.18 Å². The summed E-state index contributed by atoms with van der Waals surface area (Å²) in [5.74, 6) is -0.602. The fraction of sp³-hybridized carbons (Fsp3) is 0.167. The number of nitrogens with zero attached hydrogens (tertiary/aromatic N) is 2. The summed E-state index contributed by atoms with van der Waals surface area (Å²) in [7, 11) is 0. The predicted molar refractivity (Wildman–Crippen MR) is 98.3 cm³/mol. The third kappa shape index (κ3) is 2.81. The standard InChI is InChI=1S/C18H14FN3O2S2/c1-18(12-6-7-25-9-12)16(23)22(17(24)21-18)8-14-10-26-15(20-14)11-2-4-13(19)5-3-11/h2-7,9-10H,8H2,1H3,(H,21,24). The molecule has 1 unspecified atom stereocenters. The fourth-order valence-electron chi connectivity index (χ4n) is 2.85. The van der Waals surface area contributed by atoms with Crippen molar-refractivity contribution >= 4 is 34.6 Å². The second-order valence-electron chi connectivity index (χ2n) is 6.11. The molecule has 2 aromatic heterocycles. The van der Waals surface area contributed by atoms with Crippen LogP contribution in [0.5, 0.6) is 0 Å². The average Bonchev–Trinajstić information content (AvgIpc) is 3.34. The molecule has 1 fully saturated rings. The number of hydrogen-bond acceptors (Lipinski definition) is 5. The minimum absolute atomic E-state index is 0.0993. The van der Waals surface area contributed by atoms with Gasteiger partial charge in [0.15, 0.2) is 0 Å². The number of aromatic nitrogens is 1. The number of thiazole rings is 1. The zero-order chi connectivity index (χ0) is 18.3. The maximum absolute atomic E-state index is 13.0. The Bertz CT molecular complexity index is 969. The Kier molecular flexibility index (Phi) is 4.08. The van der Waals surface area contributed by atoms with Crippen LogP contribution in [0.2, 0.25) is 0 Å². The largest absolute Gasteiger partial charge is 0.325 e. The maximum Gasteiger partial charge on any atom is 0.325 e. The van der Waals surface area contributed by atoms with Gasteiger partial charge in [-0.05, 0) is 53.6 Å². The molecule has 0 aliphatic carbocycles. The molecule has 8 heteroatoms. The van der Waals surface area contributed by atoms with Crippen molar-refractivity contribution in [3.8, 4) is 10.6 Å². The average molecular weight is 387 g/mol. The summed E-state index contributed by atoms with van der Waals surface area (Å²) in [5, 5.41) is 9.03. The summed E-state index contributed by atoms with van der Waals surface area (Å²) < 4.78 is 13.0. The lowest BCUT2D eigenvalue weighted by molar-refractivity contribution is -0.131. The first kappa shape index (κ1) is 16.9. The zero-order valence-corrected chi connectivity index (χ0v) is 15.4. The normalized spacial score (nSPS) is 19.8. The highest BCUT2D eigenvalue weighted by Crippen LogP contribution is 2.32. The van der Waals surface area contributed by atoms with Crippen LogP contribution in [-0.4, -0.2) is 21.8 Å². The van der Waals surface area contributed by atoms with Crippen LogP contribution in [-0.2, 0) is 16.9 Å². The Balaban J connectivity index is 1.55. The van der Waals surface area contributed by atoms with Crippen molar-refractivity contribution in [3.63, 3.8) is 0 Å². The Morgan fingerprint density at radius 1 is 1.19 bits per heavy atom. The van der Waals surface area contributed by atoms with Gasteiger partial charge in [0.2, 0.25) is 0 Å². The molecule has 0 bridgehead atoms. The number of halogens is 1. The predicted octanol–water partition coefficient (Wildman–Crippen LogP) is 3.98. The highest BCUT2D eigenvalue weighted by atomic mass is 32.1. The van der Waals surface area contributed by atoms with Crippen LogP contribution in [0.15, 0.2) is 46.5 Å². The third-order valence-electron chi connectivity index (χ3n) is 4.34. The highest BCUT2D eigenvalue weighted by Gasteiger charge is 2.49. The van der Waals surface area contributed by atoms with Crippen molar-refractivity contribution in [3.05, 3.63) is 63.5 Å². The zero-order valence-electron chi connectivity index (χ0n) is 13.7. The summed E-state index contributed by atoms with van der Waals surface area (Å²) in [5.41, 5.74) is 1.14. The number of carbonyl (C=O) groups is 2. The lowest BCUT2D eigenvalue weighted by Crippen LogP contribution is -2.40. The molecule has 0 radical (unpaired) electrons. The van der Waals surface area contributed by atoms with Crippen molar-refractivity contribution in [2.45, 2.75) is 19.0 Å². The summed E-state index contributed by atoms with van der Waals surface area (Å²) in [6, 6.07) is 7.46. The van der Waals surface area contributed by atoms with Crippen molar-refractivity contribution in [1.82, 2.24) is 15.2 Å². The first-order valence-electron chi connectivity index (χ1n) is 7.84. The molecule has 26 heavy (non-hydrogen) atoms. The second-order valence-corrected chi connectivity index (χ2v) is 7.75. The molecule has 1 aromatic carbocycles. The molecule has 1 N–H and O–H groups in total. The van der Waals surface area contributed by atoms with E-state index in [4.69, 9.17) is 0 Å². The van der Waals surface area contributed by atoms with Gasteiger partial charge in [-0.15, -0.1) is 11.3 Å². The van der Waals surface area contributed by atoms with Gasteiger partial charge in [-0.3, -0.25) is 9.69 Å². The number of urea groups is 1. The van der Waals surface area contributed by atoms with Gasteiger partial charge in [-0.1, -0.05) is 0 Å². The molecule has 5 nitrogen and oxygen atoms in total. The van der Waals surface area contributed by atoms with E-state index in [0.717, 1.165) is 11.1 Å². The first-order valence-corrected chi connectivity index (χ1v) is 9.67. The third-order valence-corrected chi connectivity index (χ3v) is 5.96. The van der Waals surface area contributed by atoms with Crippen molar-refractivity contribution in [1.29, 1.82) is 0 Å². The van der Waals surface area contributed by atoms with E-state index >= 15 is 0 Å². The Morgan fingerprint density at radius 3 is 2.65 bits per heavy atom. The second kappa shape index (κ2) is 6.30. The monoisotopic (exact) mass is 387 g/mol. The molecule has 1 aliphatic heterocycles. The van der Waals surface area contributed by atoms with Crippen LogP contribution >= 0.6 is 22.7 Å². The summed E-state index contributed by atoms with van der Waals surface area (Å²) in [4.78, 5) is 30.8. The minimum Gasteiger partial charge on any atom is -0.319 e. The number of hydrogen-bond donors (Lipinski definition) is 1. The van der Waals surface area contributed by atoms with Gasteiger partial charge < -0.3 is 5.32 Å². The number of benzene rings is 1. The quantitative estimate of drug-likeness (QED) is 0.689. The van der Waals surface area contributed by atoms with E-state index in [-0.39, 0.29) is 18.3 Å². The lowest BCUT2D eigenvalue weighted by Gasteiger charge is -2.20. The van der Waals surface area contributed by atoms with Gasteiger partial charge in [0.25, 0.3) is 5.91 Å². The van der Waals surface area contributed by atoms with Crippen molar-refractivity contribution < 1.29 is 14.0 Å². The SMILES string of the molecule is CC1(c2ccsc2)NC(=O)N(Cc2csc(-c3ccc(F)cc3)n2)C1=O. The van der Waals surface area contributed by atoms with Crippen LogP contribution < -0.4 is 5.32 Å². The molecule has 1 atom stereocenters. The molecule has 1 aliphatic rings. The van der Waals surface area contributed by atoms with Gasteiger partial charge in [-0.25, -0.2) is 14.2 Å². The molecular formula is C18H14FN3O2S2. The number of carbonyl (C=O) groups excluding carboxylic acids is 2. The smallest absolute Gasteiger partial charge is 0.319 e. The molecule has 4 rings (SSSR count). The maximum atomic E-state index is 13.0. The number of imide groups is 1. The van der Waals surface area contributed by atoms with Crippen LogP contribution in [0.3, 0.4) is 0 Å². The van der Waals surface area contributed by atoms with Crippen LogP contribution in [0.1, 0.15) is 18.2 Å². The van der Waals surface area contributed by atoms with E-state index in [1.54, 1.807) is 24.4 Å². The van der Waals surface area contributed by atoms with E-state index in [1.807, 2.05) is 16.8 Å². The first-order chi connectivity index (χ1) is 12.5. The van der Waals surface area contributed by atoms with Gasteiger partial charge in [0.05, 0.1) is 12.2 Å². The van der Waals surface area contributed by atoms with Gasteiger partial charge in [0.1, 0.15) is 16.4 Å². The number of nitrogens with one attached hydrogen (secondary N) is 1. The molecule has 0 saturated carbocycles. The van der Waals surface area contributed by atoms with Gasteiger partial charge >= 0.3 is 6.03 Å². The number of thiophene rings is 1. The Hall–Kier alpha value is -2.58. The molecule has 1 saturated heterocycles. The molecule has 132 valence electrons. The minimum atomic E-state index is -1.05. The van der Waals surface area contributed by atoms with E-state index in [0.29, 0.717) is 10.7 Å². The van der Waals surface area contributed by atoms with E-state index in [9.17, 15) is 14.0 Å². The number of amides is 3. The van der Waals surface area contributed by atoms with E-state index in [1.165, 1.54) is 39.7 Å². The van der Waals surface area contributed by atoms with Crippen LogP contribution in [0.25, 0.3) is 10.6 Å². The number of rotatable bonds is 4. The molecule has 3 aromatic rings. The lowest BCUT2D eigenvalue weighted by atomic mass is 9.95. The molecular weight excluding hydrogens is 373 g/mol. The van der Waals surface area contributed by atoms with Gasteiger partial charge in [-0.2, -0.15) is 11.3 Å². The van der Waals surface area contributed by atoms with Crippen molar-refractivity contribution in [2.75, 3.05) is 0 Å². The van der Waals surface area contributed by atoms with E-state index < -0.39 is 11.6 Å². The fourth-order valence-corrected chi connectivity index (χ4v) is 4.43. The summed E-state index contributed by atoms with van der Waals surface area (Å²) in [6.07, 6.45) is 0. The van der Waals surface area contributed by atoms with Crippen LogP contribution in [0, 0.1) is 5.82 Å². The molecule has 3 amide bonds. The van der Waals surface area contributed by atoms with Crippen molar-refractivity contribution in [2.24, 2.45) is 0 Å². The Morgan fingerprint density at radius 2 is 1.96 bits per heavy atom. The van der Waals surface area contributed by atoms with Gasteiger partial charge in [0, 0.05) is 10.9 Å². The summed E-state index contributed by atoms with van der Waals surface area (Å²) >= 11 is 2.87. The topological polar surface area (TPSA) is 62.3 Å². The highest BCUT2D eigenvalue weighted by molar-refractivity contribution is 7.13. The molecule has 3 heterocycles. The van der Waals surface area contributed by atoms with E-state index in [2.05, 4.69) is 10.3 Å². The Labute approximate surface area is 157 Å². The molecule has 0 spiro atoms.